The maximum Gasteiger partial charge on any atom is 0.256 e. The molecule has 2 aliphatic rings. The molecule has 0 saturated carbocycles. The van der Waals surface area contributed by atoms with Gasteiger partial charge in [0.25, 0.3) is 11.8 Å². The summed E-state index contributed by atoms with van der Waals surface area (Å²) in [5.41, 5.74) is 0.0331. The third-order valence-corrected chi connectivity index (χ3v) is 6.65. The molecule has 0 spiro atoms. The fraction of sp³-hybridized carbons (Fsp3) is 0.375. The van der Waals surface area contributed by atoms with E-state index in [9.17, 15) is 27.6 Å². The highest BCUT2D eigenvalue weighted by Gasteiger charge is 2.33. The quantitative estimate of drug-likeness (QED) is 0.656. The molecular weight excluding hydrogens is 471 g/mol. The molecule has 4 rings (SSSR count). The zero-order valence-electron chi connectivity index (χ0n) is 18.3. The lowest BCUT2D eigenvalue weighted by Crippen LogP contribution is -2.53. The summed E-state index contributed by atoms with van der Waals surface area (Å²) in [6, 6.07) is 6.48. The lowest BCUT2D eigenvalue weighted by Gasteiger charge is -2.38. The molecule has 0 unspecified atom stereocenters. The van der Waals surface area contributed by atoms with Gasteiger partial charge in [-0.25, -0.2) is 13.2 Å². The zero-order chi connectivity index (χ0) is 24.4. The molecule has 0 radical (unpaired) electrons. The standard InChI is InChI=1S/C24H23ClF3N3O3/c25-20-13-16(26)1-3-18(20)23(33)31-11-9-30(10-12-31)22(32)15-5-7-29(8-6-15)24(34)19-4-2-17(27)14-21(19)28/h1-4,13-15H,5-12H2. The van der Waals surface area contributed by atoms with Crippen molar-refractivity contribution in [1.29, 1.82) is 0 Å². The smallest absolute Gasteiger partial charge is 0.256 e. The number of piperidine rings is 1. The van der Waals surface area contributed by atoms with E-state index in [1.807, 2.05) is 0 Å². The van der Waals surface area contributed by atoms with E-state index >= 15 is 0 Å². The Morgan fingerprint density at radius 1 is 0.706 bits per heavy atom. The summed E-state index contributed by atoms with van der Waals surface area (Å²) in [5.74, 6) is -3.30. The Morgan fingerprint density at radius 2 is 1.21 bits per heavy atom. The number of amides is 3. The molecule has 34 heavy (non-hydrogen) atoms. The first-order valence-electron chi connectivity index (χ1n) is 11.0. The molecular formula is C24H23ClF3N3O3. The minimum absolute atomic E-state index is 0.0352. The lowest BCUT2D eigenvalue weighted by molar-refractivity contribution is -0.138. The van der Waals surface area contributed by atoms with Crippen LogP contribution in [-0.4, -0.2) is 71.7 Å². The first kappa shape index (κ1) is 24.1. The summed E-state index contributed by atoms with van der Waals surface area (Å²) in [5, 5.41) is 0.0466. The summed E-state index contributed by atoms with van der Waals surface area (Å²) >= 11 is 6.00. The molecule has 2 fully saturated rings. The van der Waals surface area contributed by atoms with Crippen molar-refractivity contribution < 1.29 is 27.6 Å². The van der Waals surface area contributed by atoms with E-state index in [-0.39, 0.29) is 33.9 Å². The number of nitrogens with zero attached hydrogens (tertiary/aromatic N) is 3. The van der Waals surface area contributed by atoms with E-state index in [0.717, 1.165) is 18.2 Å². The topological polar surface area (TPSA) is 60.9 Å². The maximum atomic E-state index is 13.9. The monoisotopic (exact) mass is 493 g/mol. The molecule has 10 heteroatoms. The van der Waals surface area contributed by atoms with Crippen molar-refractivity contribution >= 4 is 29.3 Å². The molecule has 3 amide bonds. The molecule has 0 aromatic heterocycles. The van der Waals surface area contributed by atoms with Crippen LogP contribution in [0.1, 0.15) is 33.6 Å². The van der Waals surface area contributed by atoms with Gasteiger partial charge in [0.2, 0.25) is 5.91 Å². The Hall–Kier alpha value is -3.07. The van der Waals surface area contributed by atoms with E-state index in [1.165, 1.54) is 17.0 Å². The van der Waals surface area contributed by atoms with Crippen LogP contribution in [-0.2, 0) is 4.79 Å². The summed E-state index contributed by atoms with van der Waals surface area (Å²) in [4.78, 5) is 43.0. The number of rotatable bonds is 3. The number of piperazine rings is 1. The van der Waals surface area contributed by atoms with Crippen molar-refractivity contribution in [3.63, 3.8) is 0 Å². The Kier molecular flexibility index (Phi) is 7.11. The predicted octanol–water partition coefficient (Wildman–Crippen LogP) is 3.59. The second-order valence-corrected chi connectivity index (χ2v) is 8.84. The van der Waals surface area contributed by atoms with E-state index in [4.69, 9.17) is 11.6 Å². The van der Waals surface area contributed by atoms with Crippen LogP contribution in [0.2, 0.25) is 5.02 Å². The summed E-state index contributed by atoms with van der Waals surface area (Å²) in [6.07, 6.45) is 0.884. The van der Waals surface area contributed by atoms with Crippen LogP contribution in [0.4, 0.5) is 13.2 Å². The van der Waals surface area contributed by atoms with Gasteiger partial charge in [0, 0.05) is 51.3 Å². The Bertz CT molecular complexity index is 1030. The van der Waals surface area contributed by atoms with Crippen LogP contribution >= 0.6 is 11.6 Å². The van der Waals surface area contributed by atoms with Gasteiger partial charge < -0.3 is 14.7 Å². The normalized spacial score (nSPS) is 17.1. The molecule has 0 aliphatic carbocycles. The minimum Gasteiger partial charge on any atom is -0.339 e. The zero-order valence-corrected chi connectivity index (χ0v) is 19.0. The van der Waals surface area contributed by atoms with Crippen LogP contribution in [0, 0.1) is 23.4 Å². The molecule has 6 nitrogen and oxygen atoms in total. The van der Waals surface area contributed by atoms with Crippen LogP contribution in [0.15, 0.2) is 36.4 Å². The van der Waals surface area contributed by atoms with Gasteiger partial charge in [-0.15, -0.1) is 0 Å². The Labute approximate surface area is 199 Å². The Balaban J connectivity index is 1.29. The van der Waals surface area contributed by atoms with Crippen LogP contribution in [0.3, 0.4) is 0 Å². The number of hydrogen-bond acceptors (Lipinski definition) is 3. The van der Waals surface area contributed by atoms with Crippen molar-refractivity contribution in [2.24, 2.45) is 5.92 Å². The second-order valence-electron chi connectivity index (χ2n) is 8.43. The third-order valence-electron chi connectivity index (χ3n) is 6.33. The SMILES string of the molecule is O=C(c1ccc(F)cc1F)N1CCC(C(=O)N2CCN(C(=O)c3ccc(F)cc3Cl)CC2)CC1. The van der Waals surface area contributed by atoms with Gasteiger partial charge in [-0.1, -0.05) is 11.6 Å². The molecule has 0 N–H and O–H groups in total. The van der Waals surface area contributed by atoms with Gasteiger partial charge in [0.05, 0.1) is 16.1 Å². The number of likely N-dealkylation sites (tertiary alicyclic amines) is 1. The van der Waals surface area contributed by atoms with Crippen LogP contribution in [0.25, 0.3) is 0 Å². The number of halogens is 4. The van der Waals surface area contributed by atoms with Crippen molar-refractivity contribution in [1.82, 2.24) is 14.7 Å². The maximum absolute atomic E-state index is 13.9. The molecule has 2 heterocycles. The summed E-state index contributed by atoms with van der Waals surface area (Å²) in [6.45, 7) is 1.99. The average molecular weight is 494 g/mol. The molecule has 2 aliphatic heterocycles. The molecule has 0 atom stereocenters. The van der Waals surface area contributed by atoms with Gasteiger partial charge in [0.1, 0.15) is 17.5 Å². The average Bonchev–Trinajstić information content (AvgIpc) is 2.83. The number of carbonyl (C=O) groups is 3. The fourth-order valence-corrected chi connectivity index (χ4v) is 4.63. The number of hydrogen-bond donors (Lipinski definition) is 0. The van der Waals surface area contributed by atoms with E-state index in [1.54, 1.807) is 9.80 Å². The molecule has 180 valence electrons. The third kappa shape index (κ3) is 5.04. The van der Waals surface area contributed by atoms with E-state index in [0.29, 0.717) is 58.2 Å². The molecule has 0 bridgehead atoms. The Morgan fingerprint density at radius 3 is 1.79 bits per heavy atom. The highest BCUT2D eigenvalue weighted by atomic mass is 35.5. The fourth-order valence-electron chi connectivity index (χ4n) is 4.38. The van der Waals surface area contributed by atoms with Crippen molar-refractivity contribution in [3.05, 3.63) is 70.0 Å². The lowest BCUT2D eigenvalue weighted by atomic mass is 9.94. The number of benzene rings is 2. The molecule has 2 aromatic rings. The van der Waals surface area contributed by atoms with Gasteiger partial charge in [-0.3, -0.25) is 14.4 Å². The predicted molar refractivity (Wildman–Crippen MR) is 119 cm³/mol. The summed E-state index contributed by atoms with van der Waals surface area (Å²) < 4.78 is 40.3. The summed E-state index contributed by atoms with van der Waals surface area (Å²) in [7, 11) is 0. The van der Waals surface area contributed by atoms with Crippen LogP contribution in [0.5, 0.6) is 0 Å². The first-order valence-corrected chi connectivity index (χ1v) is 11.4. The molecule has 2 aromatic carbocycles. The largest absolute Gasteiger partial charge is 0.339 e. The van der Waals surface area contributed by atoms with Gasteiger partial charge in [-0.05, 0) is 43.2 Å². The van der Waals surface area contributed by atoms with Crippen molar-refractivity contribution in [2.45, 2.75) is 12.8 Å². The van der Waals surface area contributed by atoms with E-state index in [2.05, 4.69) is 0 Å². The van der Waals surface area contributed by atoms with Gasteiger partial charge >= 0.3 is 0 Å². The van der Waals surface area contributed by atoms with E-state index < -0.39 is 23.4 Å². The number of carbonyl (C=O) groups excluding carboxylic acids is 3. The van der Waals surface area contributed by atoms with Crippen molar-refractivity contribution in [3.8, 4) is 0 Å². The highest BCUT2D eigenvalue weighted by Crippen LogP contribution is 2.24. The second kappa shape index (κ2) is 10.0. The van der Waals surface area contributed by atoms with Gasteiger partial charge in [-0.2, -0.15) is 0 Å². The van der Waals surface area contributed by atoms with Gasteiger partial charge in [0.15, 0.2) is 0 Å². The first-order chi connectivity index (χ1) is 16.2. The minimum atomic E-state index is -0.905. The van der Waals surface area contributed by atoms with Crippen LogP contribution < -0.4 is 0 Å². The highest BCUT2D eigenvalue weighted by molar-refractivity contribution is 6.33. The van der Waals surface area contributed by atoms with Crippen molar-refractivity contribution in [2.75, 3.05) is 39.3 Å². The molecule has 2 saturated heterocycles.